The molecule has 0 aliphatic carbocycles. The summed E-state index contributed by atoms with van der Waals surface area (Å²) in [5.74, 6) is -0.347. The quantitative estimate of drug-likeness (QED) is 0.728. The first kappa shape index (κ1) is 18.1. The third-order valence-electron chi connectivity index (χ3n) is 3.00. The van der Waals surface area contributed by atoms with E-state index in [1.54, 1.807) is 6.07 Å². The van der Waals surface area contributed by atoms with Crippen molar-refractivity contribution in [1.29, 1.82) is 0 Å². The third-order valence-corrected chi connectivity index (χ3v) is 6.17. The Balaban J connectivity index is 2.60. The first-order valence-electron chi connectivity index (χ1n) is 7.03. The zero-order valence-electron chi connectivity index (χ0n) is 12.6. The summed E-state index contributed by atoms with van der Waals surface area (Å²) < 4.78 is 27.2. The summed E-state index contributed by atoms with van der Waals surface area (Å²) in [5.41, 5.74) is 0. The first-order valence-corrected chi connectivity index (χ1v) is 9.33. The fraction of sp³-hybridized carbons (Fsp3) is 0.643. The Morgan fingerprint density at radius 2 is 1.95 bits per heavy atom. The highest BCUT2D eigenvalue weighted by molar-refractivity contribution is 7.91. The van der Waals surface area contributed by atoms with Crippen LogP contribution in [0.25, 0.3) is 0 Å². The SMILES string of the molecule is CC(C)CCCC(C)NS(=O)(=O)c1ccc(CC(=O)O)s1. The fourth-order valence-corrected chi connectivity index (χ4v) is 4.60. The molecule has 0 saturated carbocycles. The molecule has 0 spiro atoms. The van der Waals surface area contributed by atoms with E-state index in [1.165, 1.54) is 6.07 Å². The van der Waals surface area contributed by atoms with Crippen LogP contribution in [0.5, 0.6) is 0 Å². The third kappa shape index (κ3) is 6.58. The zero-order valence-corrected chi connectivity index (χ0v) is 14.3. The normalized spacial score (nSPS) is 13.5. The van der Waals surface area contributed by atoms with E-state index in [-0.39, 0.29) is 16.7 Å². The molecule has 1 aromatic heterocycles. The Hall–Kier alpha value is -0.920. The van der Waals surface area contributed by atoms with Gasteiger partial charge in [-0.1, -0.05) is 26.7 Å². The van der Waals surface area contributed by atoms with Crippen molar-refractivity contribution >= 4 is 27.3 Å². The first-order chi connectivity index (χ1) is 9.70. The molecule has 0 saturated heterocycles. The van der Waals surface area contributed by atoms with Crippen molar-refractivity contribution in [2.75, 3.05) is 0 Å². The number of carbonyl (C=O) groups is 1. The number of carboxylic acids is 1. The number of hydrogen-bond donors (Lipinski definition) is 2. The van der Waals surface area contributed by atoms with Gasteiger partial charge in [0.2, 0.25) is 10.0 Å². The van der Waals surface area contributed by atoms with E-state index in [9.17, 15) is 13.2 Å². The van der Waals surface area contributed by atoms with Crippen molar-refractivity contribution in [3.8, 4) is 0 Å². The standard InChI is InChI=1S/C14H23NO4S2/c1-10(2)5-4-6-11(3)15-21(18,19)14-8-7-12(20-14)9-13(16)17/h7-8,10-11,15H,4-6,9H2,1-3H3,(H,16,17). The van der Waals surface area contributed by atoms with Crippen LogP contribution in [0.4, 0.5) is 0 Å². The molecule has 1 aromatic rings. The number of hydrogen-bond acceptors (Lipinski definition) is 4. The van der Waals surface area contributed by atoms with Gasteiger partial charge in [-0.05, 0) is 31.4 Å². The van der Waals surface area contributed by atoms with Crippen LogP contribution in [0.1, 0.15) is 44.9 Å². The zero-order chi connectivity index (χ0) is 16.0. The van der Waals surface area contributed by atoms with Gasteiger partial charge in [-0.25, -0.2) is 13.1 Å². The van der Waals surface area contributed by atoms with Gasteiger partial charge in [0.25, 0.3) is 0 Å². The second kappa shape index (κ2) is 7.91. The molecule has 7 heteroatoms. The van der Waals surface area contributed by atoms with E-state index in [4.69, 9.17) is 5.11 Å². The minimum Gasteiger partial charge on any atom is -0.481 e. The number of nitrogens with one attached hydrogen (secondary N) is 1. The van der Waals surface area contributed by atoms with Gasteiger partial charge in [-0.2, -0.15) is 0 Å². The minimum atomic E-state index is -3.55. The van der Waals surface area contributed by atoms with E-state index in [2.05, 4.69) is 18.6 Å². The monoisotopic (exact) mass is 333 g/mol. The highest BCUT2D eigenvalue weighted by Crippen LogP contribution is 2.22. The van der Waals surface area contributed by atoms with E-state index in [0.717, 1.165) is 30.6 Å². The predicted octanol–water partition coefficient (Wildman–Crippen LogP) is 2.87. The lowest BCUT2D eigenvalue weighted by Crippen LogP contribution is -2.32. The summed E-state index contributed by atoms with van der Waals surface area (Å²) in [7, 11) is -3.55. The molecule has 2 N–H and O–H groups in total. The maximum absolute atomic E-state index is 12.2. The maximum Gasteiger partial charge on any atom is 0.308 e. The molecule has 0 amide bonds. The Kier molecular flexibility index (Phi) is 6.83. The van der Waals surface area contributed by atoms with Crippen LogP contribution in [-0.4, -0.2) is 25.5 Å². The lowest BCUT2D eigenvalue weighted by molar-refractivity contribution is -0.136. The molecule has 1 rings (SSSR count). The second-order valence-electron chi connectivity index (χ2n) is 5.64. The van der Waals surface area contributed by atoms with Crippen LogP contribution in [0, 0.1) is 5.92 Å². The molecule has 0 radical (unpaired) electrons. The van der Waals surface area contributed by atoms with Crippen molar-refractivity contribution in [3.63, 3.8) is 0 Å². The van der Waals surface area contributed by atoms with Crippen LogP contribution >= 0.6 is 11.3 Å². The summed E-state index contributed by atoms with van der Waals surface area (Å²) in [4.78, 5) is 11.2. The molecule has 5 nitrogen and oxygen atoms in total. The Morgan fingerprint density at radius 1 is 1.29 bits per heavy atom. The number of carboxylic acid groups (broad SMARTS) is 1. The van der Waals surface area contributed by atoms with E-state index in [0.29, 0.717) is 10.8 Å². The van der Waals surface area contributed by atoms with E-state index in [1.807, 2.05) is 6.92 Å². The summed E-state index contributed by atoms with van der Waals surface area (Å²) in [5, 5.41) is 8.71. The Bertz CT molecular complexity index is 563. The largest absolute Gasteiger partial charge is 0.481 e. The molecule has 0 bridgehead atoms. The molecule has 0 fully saturated rings. The predicted molar refractivity (Wildman–Crippen MR) is 84.1 cm³/mol. The van der Waals surface area contributed by atoms with Gasteiger partial charge in [0.15, 0.2) is 0 Å². The molecule has 0 aromatic carbocycles. The van der Waals surface area contributed by atoms with Crippen molar-refractivity contribution < 1.29 is 18.3 Å². The summed E-state index contributed by atoms with van der Waals surface area (Å²) in [6.45, 7) is 6.14. The van der Waals surface area contributed by atoms with Gasteiger partial charge in [0, 0.05) is 10.9 Å². The highest BCUT2D eigenvalue weighted by atomic mass is 32.2. The number of thiophene rings is 1. The molecule has 21 heavy (non-hydrogen) atoms. The van der Waals surface area contributed by atoms with Crippen molar-refractivity contribution in [3.05, 3.63) is 17.0 Å². The van der Waals surface area contributed by atoms with E-state index >= 15 is 0 Å². The van der Waals surface area contributed by atoms with Crippen molar-refractivity contribution in [1.82, 2.24) is 4.72 Å². The minimum absolute atomic E-state index is 0.126. The Morgan fingerprint density at radius 3 is 2.52 bits per heavy atom. The van der Waals surface area contributed by atoms with Crippen LogP contribution in [0.15, 0.2) is 16.3 Å². The molecule has 1 heterocycles. The molecule has 0 aliphatic heterocycles. The van der Waals surface area contributed by atoms with Crippen molar-refractivity contribution in [2.24, 2.45) is 5.92 Å². The number of sulfonamides is 1. The lowest BCUT2D eigenvalue weighted by atomic mass is 10.0. The van der Waals surface area contributed by atoms with Crippen LogP contribution < -0.4 is 4.72 Å². The Labute approximate surface area is 130 Å². The molecule has 1 atom stereocenters. The molecular weight excluding hydrogens is 310 g/mol. The molecule has 1 unspecified atom stereocenters. The van der Waals surface area contributed by atoms with Crippen LogP contribution in [0.3, 0.4) is 0 Å². The average molecular weight is 333 g/mol. The number of rotatable bonds is 9. The number of aliphatic carboxylic acids is 1. The van der Waals surface area contributed by atoms with Gasteiger partial charge < -0.3 is 5.11 Å². The molecular formula is C14H23NO4S2. The van der Waals surface area contributed by atoms with Crippen LogP contribution in [-0.2, 0) is 21.2 Å². The fourth-order valence-electron chi connectivity index (χ4n) is 1.96. The average Bonchev–Trinajstić information content (AvgIpc) is 2.75. The van der Waals surface area contributed by atoms with Crippen LogP contribution in [0.2, 0.25) is 0 Å². The smallest absolute Gasteiger partial charge is 0.308 e. The van der Waals surface area contributed by atoms with E-state index < -0.39 is 16.0 Å². The second-order valence-corrected chi connectivity index (χ2v) is 8.75. The lowest BCUT2D eigenvalue weighted by Gasteiger charge is -2.13. The summed E-state index contributed by atoms with van der Waals surface area (Å²) in [6, 6.07) is 2.89. The molecule has 0 aliphatic rings. The molecule has 120 valence electrons. The van der Waals surface area contributed by atoms with Gasteiger partial charge in [0.1, 0.15) is 4.21 Å². The summed E-state index contributed by atoms with van der Waals surface area (Å²) >= 11 is 1.01. The summed E-state index contributed by atoms with van der Waals surface area (Å²) in [6.07, 6.45) is 2.71. The van der Waals surface area contributed by atoms with Gasteiger partial charge >= 0.3 is 5.97 Å². The van der Waals surface area contributed by atoms with Gasteiger partial charge in [0.05, 0.1) is 6.42 Å². The maximum atomic E-state index is 12.2. The topological polar surface area (TPSA) is 83.5 Å². The van der Waals surface area contributed by atoms with Gasteiger partial charge in [-0.3, -0.25) is 4.79 Å². The van der Waals surface area contributed by atoms with Gasteiger partial charge in [-0.15, -0.1) is 11.3 Å². The highest BCUT2D eigenvalue weighted by Gasteiger charge is 2.20. The van der Waals surface area contributed by atoms with Crippen molar-refractivity contribution in [2.45, 2.75) is 56.7 Å².